The molecule has 2 aromatic heterocycles. The summed E-state index contributed by atoms with van der Waals surface area (Å²) < 4.78 is 0. The number of amides is 1. The lowest BCUT2D eigenvalue weighted by atomic mass is 10.1. The number of nitrogens with zero attached hydrogens (tertiary/aromatic N) is 3. The number of aromatic nitrogens is 3. The summed E-state index contributed by atoms with van der Waals surface area (Å²) in [4.78, 5) is 36.9. The zero-order chi connectivity index (χ0) is 19.6. The highest BCUT2D eigenvalue weighted by Gasteiger charge is 2.22. The Bertz CT molecular complexity index is 1040. The van der Waals surface area contributed by atoms with Crippen LogP contribution in [0.5, 0.6) is 5.75 Å². The van der Waals surface area contributed by atoms with E-state index in [9.17, 15) is 14.7 Å². The van der Waals surface area contributed by atoms with E-state index in [0.717, 1.165) is 11.1 Å². The van der Waals surface area contributed by atoms with Crippen LogP contribution in [0.25, 0.3) is 11.4 Å². The average molecular weight is 364 g/mol. The summed E-state index contributed by atoms with van der Waals surface area (Å²) in [6.07, 6.45) is 3.10. The average Bonchev–Trinajstić information content (AvgIpc) is 2.67. The van der Waals surface area contributed by atoms with E-state index < -0.39 is 17.2 Å². The Labute approximate surface area is 156 Å². The van der Waals surface area contributed by atoms with Gasteiger partial charge >= 0.3 is 0 Å². The van der Waals surface area contributed by atoms with Crippen LogP contribution in [-0.4, -0.2) is 37.9 Å². The molecule has 0 saturated heterocycles. The monoisotopic (exact) mass is 364 g/mol. The van der Waals surface area contributed by atoms with Gasteiger partial charge in [0.1, 0.15) is 5.82 Å². The first-order valence-electron chi connectivity index (χ1n) is 8.42. The number of aromatic hydroxyl groups is 1. The number of carbonyl (C=O) groups excluding carboxylic acids is 1. The molecule has 0 spiro atoms. The van der Waals surface area contributed by atoms with Crippen LogP contribution in [0.1, 0.15) is 27.2 Å². The predicted molar refractivity (Wildman–Crippen MR) is 101 cm³/mol. The zero-order valence-electron chi connectivity index (χ0n) is 15.4. The molecule has 138 valence electrons. The van der Waals surface area contributed by atoms with Crippen molar-refractivity contribution in [2.45, 2.75) is 20.4 Å². The summed E-state index contributed by atoms with van der Waals surface area (Å²) in [5.74, 6) is -1.06. The van der Waals surface area contributed by atoms with E-state index in [1.165, 1.54) is 16.7 Å². The summed E-state index contributed by atoms with van der Waals surface area (Å²) in [5.41, 5.74) is 2.73. The van der Waals surface area contributed by atoms with Gasteiger partial charge in [-0.1, -0.05) is 18.2 Å². The number of pyridine rings is 1. The van der Waals surface area contributed by atoms with Crippen LogP contribution < -0.4 is 5.56 Å². The van der Waals surface area contributed by atoms with E-state index >= 15 is 0 Å². The lowest BCUT2D eigenvalue weighted by Crippen LogP contribution is -2.29. The number of hydrogen-bond donors (Lipinski definition) is 2. The Hall–Kier alpha value is -3.48. The number of carbonyl (C=O) groups is 1. The molecule has 0 aliphatic carbocycles. The molecule has 3 rings (SSSR count). The largest absolute Gasteiger partial charge is 0.501 e. The van der Waals surface area contributed by atoms with Gasteiger partial charge in [0.25, 0.3) is 11.5 Å². The molecule has 1 amide bonds. The summed E-state index contributed by atoms with van der Waals surface area (Å²) >= 11 is 0. The van der Waals surface area contributed by atoms with Crippen molar-refractivity contribution in [1.29, 1.82) is 0 Å². The summed E-state index contributed by atoms with van der Waals surface area (Å²) in [7, 11) is 1.60. The third-order valence-electron chi connectivity index (χ3n) is 4.37. The molecule has 0 aliphatic rings. The van der Waals surface area contributed by atoms with E-state index in [4.69, 9.17) is 0 Å². The van der Waals surface area contributed by atoms with Gasteiger partial charge in [-0.25, -0.2) is 4.98 Å². The van der Waals surface area contributed by atoms with E-state index in [1.54, 1.807) is 25.4 Å². The fraction of sp³-hybridized carbons (Fsp3) is 0.200. The fourth-order valence-electron chi connectivity index (χ4n) is 2.68. The van der Waals surface area contributed by atoms with Crippen LogP contribution in [0.2, 0.25) is 0 Å². The van der Waals surface area contributed by atoms with Crippen molar-refractivity contribution >= 4 is 5.91 Å². The molecule has 0 bridgehead atoms. The molecular weight excluding hydrogens is 344 g/mol. The summed E-state index contributed by atoms with van der Waals surface area (Å²) in [6, 6.07) is 9.33. The number of rotatable bonds is 4. The van der Waals surface area contributed by atoms with E-state index in [0.29, 0.717) is 12.1 Å². The second kappa shape index (κ2) is 7.41. The van der Waals surface area contributed by atoms with Gasteiger partial charge in [0, 0.05) is 31.5 Å². The van der Waals surface area contributed by atoms with Crippen LogP contribution in [-0.2, 0) is 6.54 Å². The molecule has 7 nitrogen and oxygen atoms in total. The molecule has 0 atom stereocenters. The second-order valence-electron chi connectivity index (χ2n) is 6.43. The van der Waals surface area contributed by atoms with Gasteiger partial charge in [-0.2, -0.15) is 0 Å². The van der Waals surface area contributed by atoms with Crippen molar-refractivity contribution in [3.05, 3.63) is 75.5 Å². The Morgan fingerprint density at radius 2 is 2.00 bits per heavy atom. The Kier molecular flexibility index (Phi) is 5.03. The molecule has 0 fully saturated rings. The number of aromatic amines is 1. The number of benzene rings is 1. The highest BCUT2D eigenvalue weighted by Crippen LogP contribution is 2.18. The molecule has 0 radical (unpaired) electrons. The minimum Gasteiger partial charge on any atom is -0.501 e. The van der Waals surface area contributed by atoms with Crippen molar-refractivity contribution in [3.63, 3.8) is 0 Å². The van der Waals surface area contributed by atoms with Crippen molar-refractivity contribution < 1.29 is 9.90 Å². The quantitative estimate of drug-likeness (QED) is 0.741. The molecule has 1 aromatic carbocycles. The van der Waals surface area contributed by atoms with Crippen LogP contribution in [0.3, 0.4) is 0 Å². The van der Waals surface area contributed by atoms with Gasteiger partial charge in [-0.05, 0) is 42.7 Å². The Morgan fingerprint density at radius 1 is 1.22 bits per heavy atom. The lowest BCUT2D eigenvalue weighted by molar-refractivity contribution is 0.0775. The van der Waals surface area contributed by atoms with Crippen molar-refractivity contribution in [2.75, 3.05) is 7.05 Å². The first-order valence-corrected chi connectivity index (χ1v) is 8.42. The maximum absolute atomic E-state index is 12.8. The molecule has 3 aromatic rings. The molecule has 2 N–H and O–H groups in total. The van der Waals surface area contributed by atoms with Gasteiger partial charge < -0.3 is 15.0 Å². The normalized spacial score (nSPS) is 10.6. The van der Waals surface area contributed by atoms with Crippen molar-refractivity contribution in [3.8, 4) is 17.1 Å². The Morgan fingerprint density at radius 3 is 2.67 bits per heavy atom. The minimum atomic E-state index is -0.771. The highest BCUT2D eigenvalue weighted by molar-refractivity contribution is 5.95. The first-order chi connectivity index (χ1) is 12.9. The molecule has 0 saturated carbocycles. The van der Waals surface area contributed by atoms with Gasteiger partial charge in [-0.15, -0.1) is 0 Å². The third kappa shape index (κ3) is 3.87. The first kappa shape index (κ1) is 18.3. The van der Waals surface area contributed by atoms with Crippen molar-refractivity contribution in [2.24, 2.45) is 0 Å². The molecule has 7 heteroatoms. The van der Waals surface area contributed by atoms with E-state index in [1.807, 2.05) is 32.0 Å². The SMILES string of the molecule is Cc1ccc(CN(C)C(=O)c2nc(-c3cccnc3)[nH]c(=O)c2O)cc1C. The van der Waals surface area contributed by atoms with Crippen LogP contribution in [0, 0.1) is 13.8 Å². The fourth-order valence-corrected chi connectivity index (χ4v) is 2.68. The van der Waals surface area contributed by atoms with Gasteiger partial charge in [0.15, 0.2) is 5.69 Å². The van der Waals surface area contributed by atoms with Crippen LogP contribution in [0.15, 0.2) is 47.5 Å². The van der Waals surface area contributed by atoms with E-state index in [-0.39, 0.29) is 11.5 Å². The second-order valence-corrected chi connectivity index (χ2v) is 6.43. The minimum absolute atomic E-state index is 0.175. The van der Waals surface area contributed by atoms with Gasteiger partial charge in [0.05, 0.1) is 0 Å². The molecule has 27 heavy (non-hydrogen) atoms. The summed E-state index contributed by atoms with van der Waals surface area (Å²) in [6.45, 7) is 4.35. The van der Waals surface area contributed by atoms with Crippen LogP contribution in [0.4, 0.5) is 0 Å². The van der Waals surface area contributed by atoms with Crippen molar-refractivity contribution in [1.82, 2.24) is 19.9 Å². The van der Waals surface area contributed by atoms with E-state index in [2.05, 4.69) is 15.0 Å². The number of hydrogen-bond acceptors (Lipinski definition) is 5. The Balaban J connectivity index is 1.92. The number of H-pyrrole nitrogens is 1. The predicted octanol–water partition coefficient (Wildman–Crippen LogP) is 2.43. The third-order valence-corrected chi connectivity index (χ3v) is 4.37. The van der Waals surface area contributed by atoms with Gasteiger partial charge in [0.2, 0.25) is 5.75 Å². The number of nitrogens with one attached hydrogen (secondary N) is 1. The standard InChI is InChI=1S/C20H20N4O3/c1-12-6-7-14(9-13(12)2)11-24(3)20(27)16-17(25)19(26)23-18(22-16)15-5-4-8-21-10-15/h4-10,25H,11H2,1-3H3,(H,22,23,26). The highest BCUT2D eigenvalue weighted by atomic mass is 16.3. The molecular formula is C20H20N4O3. The summed E-state index contributed by atoms with van der Waals surface area (Å²) in [5, 5.41) is 10.1. The molecule has 0 aliphatic heterocycles. The lowest BCUT2D eigenvalue weighted by Gasteiger charge is -2.18. The molecule has 2 heterocycles. The maximum atomic E-state index is 12.8. The van der Waals surface area contributed by atoms with Gasteiger partial charge in [-0.3, -0.25) is 14.6 Å². The molecule has 0 unspecified atom stereocenters. The zero-order valence-corrected chi connectivity index (χ0v) is 15.4. The number of aryl methyl sites for hydroxylation is 2. The smallest absolute Gasteiger partial charge is 0.294 e. The van der Waals surface area contributed by atoms with Crippen LogP contribution >= 0.6 is 0 Å². The topological polar surface area (TPSA) is 99.2 Å². The maximum Gasteiger partial charge on any atom is 0.294 e.